The molecule has 0 aromatic carbocycles. The topological polar surface area (TPSA) is 26.3 Å². The molecule has 0 amide bonds. The number of hydrogen-bond acceptors (Lipinski definition) is 2. The van der Waals surface area contributed by atoms with Crippen LogP contribution in [0.15, 0.2) is 23.8 Å². The highest BCUT2D eigenvalue weighted by atomic mass is 16.5. The molecule has 1 unspecified atom stereocenters. The van der Waals surface area contributed by atoms with Gasteiger partial charge < -0.3 is 4.74 Å². The van der Waals surface area contributed by atoms with E-state index in [2.05, 4.69) is 20.4 Å². The van der Waals surface area contributed by atoms with Crippen LogP contribution in [-0.4, -0.2) is 19.5 Å². The van der Waals surface area contributed by atoms with Crippen molar-refractivity contribution in [3.05, 3.63) is 23.8 Å². The van der Waals surface area contributed by atoms with Gasteiger partial charge in [0.2, 0.25) is 0 Å². The van der Waals surface area contributed by atoms with E-state index in [1.54, 1.807) is 7.11 Å². The molecule has 0 saturated heterocycles. The zero-order chi connectivity index (χ0) is 11.1. The minimum absolute atomic E-state index is 0.00639. The zero-order valence-corrected chi connectivity index (χ0v) is 9.54. The number of allylic oxidation sites excluding steroid dienone is 2. The average Bonchev–Trinajstić information content (AvgIpc) is 2.10. The van der Waals surface area contributed by atoms with Crippen molar-refractivity contribution in [1.82, 2.24) is 0 Å². The fourth-order valence-corrected chi connectivity index (χ4v) is 1.18. The molecule has 0 bridgehead atoms. The summed E-state index contributed by atoms with van der Waals surface area (Å²) in [5.41, 5.74) is 1.42. The van der Waals surface area contributed by atoms with Crippen molar-refractivity contribution < 1.29 is 9.53 Å². The summed E-state index contributed by atoms with van der Waals surface area (Å²) in [5.74, 6) is 0.550. The fourth-order valence-electron chi connectivity index (χ4n) is 1.18. The number of carbonyl (C=O) groups excluding carboxylic acids is 1. The van der Waals surface area contributed by atoms with Crippen LogP contribution < -0.4 is 0 Å². The number of aldehydes is 1. The standard InChI is InChI=1S/C12H20O2/c1-9(2)6-12(14-5)7-11(8-13)10(3)4/h7-9,12H,3,6H2,1-2,4-5H3/b11-7-. The lowest BCUT2D eigenvalue weighted by atomic mass is 10.0. The lowest BCUT2D eigenvalue weighted by Crippen LogP contribution is -2.11. The second-order valence-electron chi connectivity index (χ2n) is 3.92. The molecule has 0 aromatic rings. The molecule has 0 heterocycles. The molecule has 0 aromatic heterocycles. The van der Waals surface area contributed by atoms with Crippen LogP contribution in [0.5, 0.6) is 0 Å². The monoisotopic (exact) mass is 196 g/mol. The highest BCUT2D eigenvalue weighted by Gasteiger charge is 2.08. The SMILES string of the molecule is C=C(C)/C(C=O)=C\C(CC(C)C)OC. The third kappa shape index (κ3) is 4.97. The first-order chi connectivity index (χ1) is 6.51. The first kappa shape index (κ1) is 13.1. The van der Waals surface area contributed by atoms with Crippen LogP contribution in [0.1, 0.15) is 27.2 Å². The summed E-state index contributed by atoms with van der Waals surface area (Å²) < 4.78 is 5.27. The molecule has 0 spiro atoms. The maximum absolute atomic E-state index is 10.7. The van der Waals surface area contributed by atoms with E-state index >= 15 is 0 Å². The second kappa shape index (κ2) is 6.55. The molecule has 0 radical (unpaired) electrons. The Bertz CT molecular complexity index is 226. The van der Waals surface area contributed by atoms with Crippen LogP contribution >= 0.6 is 0 Å². The Labute approximate surface area is 86.6 Å². The van der Waals surface area contributed by atoms with Gasteiger partial charge in [0.15, 0.2) is 0 Å². The van der Waals surface area contributed by atoms with Gasteiger partial charge in [0.25, 0.3) is 0 Å². The molecule has 0 aliphatic heterocycles. The predicted octanol–water partition coefficient (Wildman–Crippen LogP) is 2.75. The molecule has 14 heavy (non-hydrogen) atoms. The van der Waals surface area contributed by atoms with Crippen molar-refractivity contribution in [2.75, 3.05) is 7.11 Å². The Balaban J connectivity index is 4.52. The fraction of sp³-hybridized carbons (Fsp3) is 0.583. The summed E-state index contributed by atoms with van der Waals surface area (Å²) >= 11 is 0. The van der Waals surface area contributed by atoms with Crippen molar-refractivity contribution in [2.24, 2.45) is 5.92 Å². The number of ether oxygens (including phenoxy) is 1. The summed E-state index contributed by atoms with van der Waals surface area (Å²) in [7, 11) is 1.66. The van der Waals surface area contributed by atoms with Crippen molar-refractivity contribution in [2.45, 2.75) is 33.3 Å². The van der Waals surface area contributed by atoms with Gasteiger partial charge in [-0.3, -0.25) is 4.79 Å². The Morgan fingerprint density at radius 2 is 2.07 bits per heavy atom. The summed E-state index contributed by atoms with van der Waals surface area (Å²) in [6.45, 7) is 9.81. The lowest BCUT2D eigenvalue weighted by Gasteiger charge is -2.14. The maximum Gasteiger partial charge on any atom is 0.150 e. The van der Waals surface area contributed by atoms with Gasteiger partial charge in [-0.1, -0.05) is 20.4 Å². The first-order valence-electron chi connectivity index (χ1n) is 4.87. The second-order valence-corrected chi connectivity index (χ2v) is 3.92. The van der Waals surface area contributed by atoms with Crippen molar-refractivity contribution in [1.29, 1.82) is 0 Å². The molecule has 0 fully saturated rings. The van der Waals surface area contributed by atoms with Gasteiger partial charge in [-0.05, 0) is 30.9 Å². The van der Waals surface area contributed by atoms with Crippen LogP contribution in [0.3, 0.4) is 0 Å². The summed E-state index contributed by atoms with van der Waals surface area (Å²) in [6, 6.07) is 0. The van der Waals surface area contributed by atoms with Gasteiger partial charge in [0, 0.05) is 12.7 Å². The van der Waals surface area contributed by atoms with Gasteiger partial charge in [-0.25, -0.2) is 0 Å². The van der Waals surface area contributed by atoms with E-state index in [4.69, 9.17) is 4.74 Å². The minimum atomic E-state index is 0.00639. The molecule has 1 atom stereocenters. The Morgan fingerprint density at radius 1 is 1.50 bits per heavy atom. The highest BCUT2D eigenvalue weighted by Crippen LogP contribution is 2.13. The molecule has 80 valence electrons. The van der Waals surface area contributed by atoms with Gasteiger partial charge in [0.05, 0.1) is 6.10 Å². The summed E-state index contributed by atoms with van der Waals surface area (Å²) in [6.07, 6.45) is 3.59. The van der Waals surface area contributed by atoms with Gasteiger partial charge in [-0.2, -0.15) is 0 Å². The van der Waals surface area contributed by atoms with Gasteiger partial charge in [-0.15, -0.1) is 0 Å². The van der Waals surface area contributed by atoms with E-state index in [9.17, 15) is 4.79 Å². The van der Waals surface area contributed by atoms with E-state index in [0.717, 1.165) is 18.3 Å². The van der Waals surface area contributed by atoms with E-state index in [0.29, 0.717) is 11.5 Å². The quantitative estimate of drug-likeness (QED) is 0.371. The normalized spacial score (nSPS) is 14.2. The largest absolute Gasteiger partial charge is 0.377 e. The Kier molecular flexibility index (Phi) is 6.13. The van der Waals surface area contributed by atoms with E-state index in [1.165, 1.54) is 0 Å². The highest BCUT2D eigenvalue weighted by molar-refractivity contribution is 5.79. The average molecular weight is 196 g/mol. The maximum atomic E-state index is 10.7. The van der Waals surface area contributed by atoms with Crippen LogP contribution in [-0.2, 0) is 9.53 Å². The molecule has 2 heteroatoms. The van der Waals surface area contributed by atoms with E-state index < -0.39 is 0 Å². The zero-order valence-electron chi connectivity index (χ0n) is 9.54. The van der Waals surface area contributed by atoms with Crippen molar-refractivity contribution in [3.63, 3.8) is 0 Å². The summed E-state index contributed by atoms with van der Waals surface area (Å²) in [4.78, 5) is 10.7. The Hall–Kier alpha value is -0.890. The van der Waals surface area contributed by atoms with Crippen molar-refractivity contribution >= 4 is 6.29 Å². The molecule has 0 saturated carbocycles. The van der Waals surface area contributed by atoms with Crippen LogP contribution in [0.2, 0.25) is 0 Å². The third-order valence-electron chi connectivity index (χ3n) is 1.99. The third-order valence-corrected chi connectivity index (χ3v) is 1.99. The molecule has 0 aliphatic rings. The predicted molar refractivity (Wildman–Crippen MR) is 59.2 cm³/mol. The van der Waals surface area contributed by atoms with Crippen LogP contribution in [0, 0.1) is 5.92 Å². The van der Waals surface area contributed by atoms with Crippen molar-refractivity contribution in [3.8, 4) is 0 Å². The molecule has 0 N–H and O–H groups in total. The van der Waals surface area contributed by atoms with E-state index in [1.807, 2.05) is 13.0 Å². The van der Waals surface area contributed by atoms with Gasteiger partial charge in [0.1, 0.15) is 6.29 Å². The first-order valence-corrected chi connectivity index (χ1v) is 4.87. The number of carbonyl (C=O) groups is 1. The van der Waals surface area contributed by atoms with E-state index in [-0.39, 0.29) is 6.10 Å². The number of rotatable bonds is 6. The smallest absolute Gasteiger partial charge is 0.150 e. The lowest BCUT2D eigenvalue weighted by molar-refractivity contribution is -0.104. The number of methoxy groups -OCH3 is 1. The molecular weight excluding hydrogens is 176 g/mol. The van der Waals surface area contributed by atoms with Crippen LogP contribution in [0.25, 0.3) is 0 Å². The van der Waals surface area contributed by atoms with Crippen LogP contribution in [0.4, 0.5) is 0 Å². The molecule has 0 rings (SSSR count). The molecule has 2 nitrogen and oxygen atoms in total. The van der Waals surface area contributed by atoms with Gasteiger partial charge >= 0.3 is 0 Å². The summed E-state index contributed by atoms with van der Waals surface area (Å²) in [5, 5.41) is 0. The molecular formula is C12H20O2. The molecule has 0 aliphatic carbocycles. The Morgan fingerprint density at radius 3 is 2.36 bits per heavy atom. The minimum Gasteiger partial charge on any atom is -0.377 e. The number of hydrogen-bond donors (Lipinski definition) is 0.